The van der Waals surface area contributed by atoms with E-state index in [-0.39, 0.29) is 28.5 Å². The molecule has 1 amide bonds. The first-order chi connectivity index (χ1) is 13.0. The van der Waals surface area contributed by atoms with Gasteiger partial charge in [-0.1, -0.05) is 12.1 Å². The van der Waals surface area contributed by atoms with Gasteiger partial charge in [-0.25, -0.2) is 12.7 Å². The lowest BCUT2D eigenvalue weighted by Gasteiger charge is -2.18. The minimum atomic E-state index is -3.67. The van der Waals surface area contributed by atoms with Gasteiger partial charge < -0.3 is 10.1 Å². The second-order valence-corrected chi connectivity index (χ2v) is 9.84. The number of hydrogen-bond acceptors (Lipinski definition) is 4. The van der Waals surface area contributed by atoms with Crippen molar-refractivity contribution in [3.8, 4) is 5.75 Å². The molecule has 0 heterocycles. The number of hydrogen-bond donors (Lipinski definition) is 1. The third-order valence-electron chi connectivity index (χ3n) is 4.03. The van der Waals surface area contributed by atoms with E-state index in [4.69, 9.17) is 4.74 Å². The van der Waals surface area contributed by atoms with Gasteiger partial charge in [-0.05, 0) is 72.6 Å². The second-order valence-electron chi connectivity index (χ2n) is 6.87. The van der Waals surface area contributed by atoms with E-state index in [2.05, 4.69) is 21.2 Å². The predicted molar refractivity (Wildman–Crippen MR) is 113 cm³/mol. The first-order valence-electron chi connectivity index (χ1n) is 8.82. The molecule has 0 aromatic heterocycles. The number of benzene rings is 2. The first kappa shape index (κ1) is 22.4. The summed E-state index contributed by atoms with van der Waals surface area (Å²) in [4.78, 5) is 12.7. The molecule has 0 aliphatic heterocycles. The molecule has 2 aromatic carbocycles. The average molecular weight is 469 g/mol. The minimum Gasteiger partial charge on any atom is -0.491 e. The van der Waals surface area contributed by atoms with Crippen LogP contribution in [0.3, 0.4) is 0 Å². The summed E-state index contributed by atoms with van der Waals surface area (Å²) < 4.78 is 32.1. The molecule has 8 heteroatoms. The van der Waals surface area contributed by atoms with Gasteiger partial charge in [0.05, 0.1) is 17.0 Å². The summed E-state index contributed by atoms with van der Waals surface area (Å²) in [5.41, 5.74) is 1.16. The molecule has 2 rings (SSSR count). The normalized spacial score (nSPS) is 12.9. The summed E-state index contributed by atoms with van der Waals surface area (Å²) in [6, 6.07) is 11.8. The van der Waals surface area contributed by atoms with Crippen molar-refractivity contribution < 1.29 is 17.9 Å². The van der Waals surface area contributed by atoms with Crippen LogP contribution in [0.25, 0.3) is 0 Å². The number of amides is 1. The quantitative estimate of drug-likeness (QED) is 0.666. The average Bonchev–Trinajstić information content (AvgIpc) is 2.61. The molecule has 1 atom stereocenters. The van der Waals surface area contributed by atoms with E-state index >= 15 is 0 Å². The van der Waals surface area contributed by atoms with Gasteiger partial charge in [-0.3, -0.25) is 4.79 Å². The number of nitrogens with one attached hydrogen (secondary N) is 1. The molecular formula is C20H25BrN2O4S. The van der Waals surface area contributed by atoms with Gasteiger partial charge in [0.2, 0.25) is 10.0 Å². The molecule has 0 radical (unpaired) electrons. The molecule has 0 spiro atoms. The highest BCUT2D eigenvalue weighted by atomic mass is 79.9. The van der Waals surface area contributed by atoms with E-state index < -0.39 is 10.0 Å². The molecule has 152 valence electrons. The zero-order valence-corrected chi connectivity index (χ0v) is 19.0. The second kappa shape index (κ2) is 9.07. The summed E-state index contributed by atoms with van der Waals surface area (Å²) in [6.07, 6.45) is 0.0555. The molecule has 0 saturated carbocycles. The third-order valence-corrected chi connectivity index (χ3v) is 6.84. The Balaban J connectivity index is 2.24. The Labute approximate surface area is 175 Å². The van der Waals surface area contributed by atoms with E-state index in [0.717, 1.165) is 15.6 Å². The topological polar surface area (TPSA) is 75.7 Å². The van der Waals surface area contributed by atoms with Crippen molar-refractivity contribution in [2.24, 2.45) is 0 Å². The van der Waals surface area contributed by atoms with Crippen LogP contribution in [0.5, 0.6) is 5.75 Å². The highest BCUT2D eigenvalue weighted by Gasteiger charge is 2.22. The summed E-state index contributed by atoms with van der Waals surface area (Å²) in [5.74, 6) is 0.377. The molecule has 0 bridgehead atoms. The monoisotopic (exact) mass is 468 g/mol. The first-order valence-corrected chi connectivity index (χ1v) is 11.0. The Morgan fingerprint density at radius 2 is 1.79 bits per heavy atom. The third kappa shape index (κ3) is 5.33. The number of rotatable bonds is 7. The largest absolute Gasteiger partial charge is 0.491 e. The van der Waals surface area contributed by atoms with Crippen LogP contribution in [0.2, 0.25) is 0 Å². The Hall–Kier alpha value is -1.90. The van der Waals surface area contributed by atoms with Gasteiger partial charge in [-0.2, -0.15) is 0 Å². The van der Waals surface area contributed by atoms with Crippen molar-refractivity contribution in [2.75, 3.05) is 14.1 Å². The van der Waals surface area contributed by atoms with E-state index in [1.165, 1.54) is 20.2 Å². The van der Waals surface area contributed by atoms with E-state index in [1.807, 2.05) is 45.0 Å². The lowest BCUT2D eigenvalue weighted by Crippen LogP contribution is -2.27. The molecule has 0 saturated heterocycles. The predicted octanol–water partition coefficient (Wildman–Crippen LogP) is 3.98. The number of nitrogens with zero attached hydrogens (tertiary/aromatic N) is 1. The molecular weight excluding hydrogens is 444 g/mol. The molecule has 28 heavy (non-hydrogen) atoms. The fourth-order valence-corrected chi connectivity index (χ4v) is 4.38. The molecule has 0 aliphatic rings. The molecule has 6 nitrogen and oxygen atoms in total. The Morgan fingerprint density at radius 1 is 1.11 bits per heavy atom. The van der Waals surface area contributed by atoms with Crippen molar-refractivity contribution in [3.05, 3.63) is 58.1 Å². The highest BCUT2D eigenvalue weighted by molar-refractivity contribution is 9.10. The zero-order valence-electron chi connectivity index (χ0n) is 16.6. The maximum Gasteiger partial charge on any atom is 0.251 e. The van der Waals surface area contributed by atoms with Crippen LogP contribution in [0.15, 0.2) is 51.8 Å². The van der Waals surface area contributed by atoms with Gasteiger partial charge in [0.25, 0.3) is 5.91 Å². The lowest BCUT2D eigenvalue weighted by molar-refractivity contribution is 0.0939. The van der Waals surface area contributed by atoms with E-state index in [1.54, 1.807) is 12.1 Å². The smallest absolute Gasteiger partial charge is 0.251 e. The summed E-state index contributed by atoms with van der Waals surface area (Å²) in [5, 5.41) is 2.90. The number of carbonyl (C=O) groups is 1. The molecule has 2 aromatic rings. The van der Waals surface area contributed by atoms with E-state index in [0.29, 0.717) is 4.47 Å². The number of halogens is 1. The van der Waals surface area contributed by atoms with Crippen LogP contribution >= 0.6 is 15.9 Å². The van der Waals surface area contributed by atoms with Crippen LogP contribution in [-0.4, -0.2) is 38.8 Å². The number of sulfonamides is 1. The van der Waals surface area contributed by atoms with Gasteiger partial charge in [0.15, 0.2) is 0 Å². The fraction of sp³-hybridized carbons (Fsp3) is 0.350. The van der Waals surface area contributed by atoms with Crippen LogP contribution in [0, 0.1) is 0 Å². The van der Waals surface area contributed by atoms with E-state index in [9.17, 15) is 13.2 Å². The Kier molecular flexibility index (Phi) is 7.25. The minimum absolute atomic E-state index is 0.0464. The maximum atomic E-state index is 12.7. The van der Waals surface area contributed by atoms with Crippen molar-refractivity contribution in [3.63, 3.8) is 0 Å². The van der Waals surface area contributed by atoms with Crippen LogP contribution in [-0.2, 0) is 10.0 Å². The van der Waals surface area contributed by atoms with Crippen molar-refractivity contribution in [1.29, 1.82) is 0 Å². The Morgan fingerprint density at radius 3 is 2.39 bits per heavy atom. The van der Waals surface area contributed by atoms with Crippen LogP contribution in [0.4, 0.5) is 0 Å². The number of ether oxygens (including phenoxy) is 1. The van der Waals surface area contributed by atoms with Gasteiger partial charge in [-0.15, -0.1) is 0 Å². The lowest BCUT2D eigenvalue weighted by atomic mass is 10.1. The highest BCUT2D eigenvalue weighted by Crippen LogP contribution is 2.26. The SMILES string of the molecule is CC(C)Oc1cccc(C(C)NC(=O)c2ccc(Br)c(S(=O)(=O)N(C)C)c2)c1. The fourth-order valence-electron chi connectivity index (χ4n) is 2.53. The molecule has 1 N–H and O–H groups in total. The molecule has 0 aliphatic carbocycles. The van der Waals surface area contributed by atoms with Gasteiger partial charge in [0, 0.05) is 24.1 Å². The maximum absolute atomic E-state index is 12.7. The zero-order chi connectivity index (χ0) is 21.1. The van der Waals surface area contributed by atoms with Gasteiger partial charge in [0.1, 0.15) is 5.75 Å². The standard InChI is InChI=1S/C20H25BrN2O4S/c1-13(2)27-17-8-6-7-15(11-17)14(3)22-20(24)16-9-10-18(21)19(12-16)28(25,26)23(4)5/h6-14H,1-5H3,(H,22,24). The van der Waals surface area contributed by atoms with Crippen LogP contribution in [0.1, 0.15) is 42.7 Å². The van der Waals surface area contributed by atoms with Crippen molar-refractivity contribution >= 4 is 31.9 Å². The summed E-state index contributed by atoms with van der Waals surface area (Å²) >= 11 is 3.25. The molecule has 1 unspecified atom stereocenters. The molecule has 0 fully saturated rings. The number of carbonyl (C=O) groups excluding carboxylic acids is 1. The Bertz CT molecular complexity index is 958. The van der Waals surface area contributed by atoms with Crippen molar-refractivity contribution in [1.82, 2.24) is 9.62 Å². The van der Waals surface area contributed by atoms with Crippen molar-refractivity contribution in [2.45, 2.75) is 37.8 Å². The summed E-state index contributed by atoms with van der Waals surface area (Å²) in [7, 11) is -0.777. The van der Waals surface area contributed by atoms with Crippen LogP contribution < -0.4 is 10.1 Å². The van der Waals surface area contributed by atoms with Gasteiger partial charge >= 0.3 is 0 Å². The summed E-state index contributed by atoms with van der Waals surface area (Å²) in [6.45, 7) is 5.76.